The minimum absolute atomic E-state index is 0.0668. The number of likely N-dealkylation sites (tertiary alicyclic amines) is 1. The first kappa shape index (κ1) is 17.7. The van der Waals surface area contributed by atoms with Crippen LogP contribution in [0.3, 0.4) is 0 Å². The lowest BCUT2D eigenvalue weighted by Crippen LogP contribution is -2.31. The maximum absolute atomic E-state index is 13.4. The van der Waals surface area contributed by atoms with Crippen molar-refractivity contribution in [1.82, 2.24) is 20.4 Å². The second kappa shape index (κ2) is 6.34. The SMILES string of the molecule is O=C(c1n[nH]c2c1CNC2)N1C[C@H]2C[C@@H](c3ccccc3C(F)(F)F)C[C@H]2C1. The third-order valence-electron chi connectivity index (χ3n) is 6.50. The first-order chi connectivity index (χ1) is 13.4. The number of amides is 1. The Morgan fingerprint density at radius 2 is 1.82 bits per heavy atom. The summed E-state index contributed by atoms with van der Waals surface area (Å²) in [5.74, 6) is 0.340. The Hall–Kier alpha value is -2.35. The Kier molecular flexibility index (Phi) is 4.01. The molecule has 8 heteroatoms. The molecule has 1 amide bonds. The second-order valence-corrected chi connectivity index (χ2v) is 8.12. The highest BCUT2D eigenvalue weighted by Crippen LogP contribution is 2.49. The van der Waals surface area contributed by atoms with Crippen molar-refractivity contribution >= 4 is 5.91 Å². The predicted molar refractivity (Wildman–Crippen MR) is 95.4 cm³/mol. The molecule has 148 valence electrons. The van der Waals surface area contributed by atoms with Gasteiger partial charge in [-0.2, -0.15) is 18.3 Å². The molecular weight excluding hydrogens is 369 g/mol. The van der Waals surface area contributed by atoms with Gasteiger partial charge >= 0.3 is 6.18 Å². The van der Waals surface area contributed by atoms with Crippen LogP contribution >= 0.6 is 0 Å². The maximum atomic E-state index is 13.4. The van der Waals surface area contributed by atoms with E-state index in [1.807, 2.05) is 4.90 Å². The van der Waals surface area contributed by atoms with E-state index in [0.29, 0.717) is 50.3 Å². The molecule has 3 heterocycles. The summed E-state index contributed by atoms with van der Waals surface area (Å²) >= 11 is 0. The van der Waals surface area contributed by atoms with E-state index < -0.39 is 11.7 Å². The van der Waals surface area contributed by atoms with Crippen LogP contribution in [0.25, 0.3) is 0 Å². The van der Waals surface area contributed by atoms with Gasteiger partial charge in [0.05, 0.1) is 11.3 Å². The maximum Gasteiger partial charge on any atom is 0.416 e. The van der Waals surface area contributed by atoms with E-state index in [-0.39, 0.29) is 23.7 Å². The van der Waals surface area contributed by atoms with Crippen LogP contribution in [0, 0.1) is 11.8 Å². The molecule has 1 aromatic heterocycles. The average Bonchev–Trinajstić information content (AvgIpc) is 3.39. The Balaban J connectivity index is 1.30. The van der Waals surface area contributed by atoms with Crippen molar-refractivity contribution in [2.75, 3.05) is 13.1 Å². The van der Waals surface area contributed by atoms with Crippen molar-refractivity contribution in [3.8, 4) is 0 Å². The molecular formula is C20H21F3N4O. The lowest BCUT2D eigenvalue weighted by molar-refractivity contribution is -0.138. The molecule has 2 N–H and O–H groups in total. The minimum Gasteiger partial charge on any atom is -0.337 e. The fourth-order valence-corrected chi connectivity index (χ4v) is 5.21. The van der Waals surface area contributed by atoms with Crippen molar-refractivity contribution in [1.29, 1.82) is 0 Å². The lowest BCUT2D eigenvalue weighted by Gasteiger charge is -2.21. The number of benzene rings is 1. The summed E-state index contributed by atoms with van der Waals surface area (Å²) in [6.45, 7) is 2.54. The van der Waals surface area contributed by atoms with Gasteiger partial charge in [0.25, 0.3) is 5.91 Å². The molecule has 3 aliphatic rings. The zero-order valence-electron chi connectivity index (χ0n) is 15.2. The van der Waals surface area contributed by atoms with Crippen LogP contribution in [0.4, 0.5) is 13.2 Å². The number of fused-ring (bicyclic) bond motifs is 2. The molecule has 1 saturated carbocycles. The third-order valence-corrected chi connectivity index (χ3v) is 6.50. The zero-order chi connectivity index (χ0) is 19.5. The summed E-state index contributed by atoms with van der Waals surface area (Å²) in [6, 6.07) is 5.91. The van der Waals surface area contributed by atoms with Gasteiger partial charge in [-0.3, -0.25) is 9.89 Å². The topological polar surface area (TPSA) is 61.0 Å². The molecule has 1 aliphatic carbocycles. The van der Waals surface area contributed by atoms with E-state index >= 15 is 0 Å². The van der Waals surface area contributed by atoms with Gasteiger partial charge in [0.1, 0.15) is 0 Å². The van der Waals surface area contributed by atoms with E-state index in [4.69, 9.17) is 0 Å². The van der Waals surface area contributed by atoms with E-state index in [1.165, 1.54) is 12.1 Å². The number of nitrogens with zero attached hydrogens (tertiary/aromatic N) is 2. The smallest absolute Gasteiger partial charge is 0.337 e. The van der Waals surface area contributed by atoms with Crippen molar-refractivity contribution in [2.24, 2.45) is 11.8 Å². The molecule has 2 fully saturated rings. The number of hydrogen-bond acceptors (Lipinski definition) is 3. The average molecular weight is 390 g/mol. The van der Waals surface area contributed by atoms with E-state index in [1.54, 1.807) is 12.1 Å². The van der Waals surface area contributed by atoms with Crippen molar-refractivity contribution in [3.05, 3.63) is 52.3 Å². The van der Waals surface area contributed by atoms with Gasteiger partial charge in [-0.05, 0) is 42.2 Å². The quantitative estimate of drug-likeness (QED) is 0.827. The molecule has 0 unspecified atom stereocenters. The standard InChI is InChI=1S/C20H21F3N4O/c21-20(22,23)16-4-2-1-3-14(16)11-5-12-9-27(10-13(12)6-11)19(28)18-15-7-24-8-17(15)25-26-18/h1-4,11-13,24H,5-10H2,(H,25,26)/t11-,12-,13+. The van der Waals surface area contributed by atoms with Gasteiger partial charge in [-0.25, -0.2) is 0 Å². The van der Waals surface area contributed by atoms with Gasteiger partial charge in [0.2, 0.25) is 0 Å². The van der Waals surface area contributed by atoms with Crippen molar-refractivity contribution in [2.45, 2.75) is 38.0 Å². The van der Waals surface area contributed by atoms with Gasteiger partial charge in [0.15, 0.2) is 5.69 Å². The molecule has 0 bridgehead atoms. The molecule has 5 nitrogen and oxygen atoms in total. The molecule has 2 aromatic rings. The van der Waals surface area contributed by atoms with Gasteiger partial charge < -0.3 is 10.2 Å². The number of carbonyl (C=O) groups is 1. The van der Waals surface area contributed by atoms with E-state index in [2.05, 4.69) is 15.5 Å². The Bertz CT molecular complexity index is 908. The summed E-state index contributed by atoms with van der Waals surface area (Å²) in [5.41, 5.74) is 2.27. The van der Waals surface area contributed by atoms with Crippen LogP contribution < -0.4 is 5.32 Å². The Morgan fingerprint density at radius 3 is 2.54 bits per heavy atom. The first-order valence-corrected chi connectivity index (χ1v) is 9.64. The summed E-state index contributed by atoms with van der Waals surface area (Å²) in [4.78, 5) is 14.7. The van der Waals surface area contributed by atoms with E-state index in [9.17, 15) is 18.0 Å². The normalized spacial score (nSPS) is 26.5. The number of rotatable bonds is 2. The summed E-state index contributed by atoms with van der Waals surface area (Å²) < 4.78 is 40.1. The van der Waals surface area contributed by atoms with Crippen LogP contribution in [-0.4, -0.2) is 34.1 Å². The predicted octanol–water partition coefficient (Wildman–Crippen LogP) is 3.30. The Morgan fingerprint density at radius 1 is 1.11 bits per heavy atom. The van der Waals surface area contributed by atoms with Crippen LogP contribution in [-0.2, 0) is 19.3 Å². The van der Waals surface area contributed by atoms with Crippen LogP contribution in [0.2, 0.25) is 0 Å². The van der Waals surface area contributed by atoms with Crippen LogP contribution in [0.1, 0.15) is 51.6 Å². The highest BCUT2D eigenvalue weighted by atomic mass is 19.4. The number of aromatic nitrogens is 2. The Labute approximate surface area is 160 Å². The molecule has 0 radical (unpaired) electrons. The number of hydrogen-bond donors (Lipinski definition) is 2. The zero-order valence-corrected chi connectivity index (χ0v) is 15.2. The van der Waals surface area contributed by atoms with Gasteiger partial charge in [-0.15, -0.1) is 0 Å². The summed E-state index contributed by atoms with van der Waals surface area (Å²) in [5, 5.41) is 10.3. The molecule has 28 heavy (non-hydrogen) atoms. The molecule has 0 spiro atoms. The fourth-order valence-electron chi connectivity index (χ4n) is 5.21. The number of H-pyrrole nitrogens is 1. The van der Waals surface area contributed by atoms with E-state index in [0.717, 1.165) is 11.3 Å². The molecule has 3 atom stereocenters. The van der Waals surface area contributed by atoms with Gasteiger partial charge in [0, 0.05) is 31.7 Å². The van der Waals surface area contributed by atoms with Crippen LogP contribution in [0.5, 0.6) is 0 Å². The number of carbonyl (C=O) groups excluding carboxylic acids is 1. The molecule has 1 saturated heterocycles. The first-order valence-electron chi connectivity index (χ1n) is 9.64. The summed E-state index contributed by atoms with van der Waals surface area (Å²) in [6.07, 6.45) is -2.94. The highest BCUT2D eigenvalue weighted by molar-refractivity contribution is 5.94. The second-order valence-electron chi connectivity index (χ2n) is 8.12. The number of nitrogens with one attached hydrogen (secondary N) is 2. The number of alkyl halides is 3. The monoisotopic (exact) mass is 390 g/mol. The number of aromatic amines is 1. The van der Waals surface area contributed by atoms with Crippen molar-refractivity contribution < 1.29 is 18.0 Å². The molecule has 5 rings (SSSR count). The molecule has 1 aromatic carbocycles. The van der Waals surface area contributed by atoms with Crippen LogP contribution in [0.15, 0.2) is 24.3 Å². The minimum atomic E-state index is -4.33. The van der Waals surface area contributed by atoms with Crippen molar-refractivity contribution in [3.63, 3.8) is 0 Å². The largest absolute Gasteiger partial charge is 0.416 e. The van der Waals surface area contributed by atoms with Gasteiger partial charge in [-0.1, -0.05) is 18.2 Å². The summed E-state index contributed by atoms with van der Waals surface area (Å²) in [7, 11) is 0. The highest BCUT2D eigenvalue weighted by Gasteiger charge is 2.45. The third kappa shape index (κ3) is 2.82. The lowest BCUT2D eigenvalue weighted by atomic mass is 9.91. The number of halogens is 3. The fraction of sp³-hybridized carbons (Fsp3) is 0.500. The molecule has 2 aliphatic heterocycles.